The van der Waals surface area contributed by atoms with Crippen molar-refractivity contribution in [3.63, 3.8) is 0 Å². The van der Waals surface area contributed by atoms with Crippen LogP contribution in [0.5, 0.6) is 5.75 Å². The van der Waals surface area contributed by atoms with Gasteiger partial charge in [0, 0.05) is 29.3 Å². The van der Waals surface area contributed by atoms with Gasteiger partial charge in [-0.1, -0.05) is 43.3 Å². The van der Waals surface area contributed by atoms with E-state index >= 15 is 0 Å². The average molecular weight is 792 g/mol. The molecule has 0 radical (unpaired) electrons. The van der Waals surface area contributed by atoms with E-state index in [1.165, 1.54) is 7.11 Å². The van der Waals surface area contributed by atoms with E-state index in [1.807, 2.05) is 31.2 Å². The molecule has 1 spiro atoms. The molecule has 2 saturated heterocycles. The number of nitrogens with one attached hydrogen (secondary N) is 1. The maximum Gasteiger partial charge on any atom is 0.264 e. The van der Waals surface area contributed by atoms with Gasteiger partial charge in [0.15, 0.2) is 26.3 Å². The first-order valence-corrected chi connectivity index (χ1v) is 21.8. The molecule has 3 aromatic rings. The lowest BCUT2D eigenvalue weighted by molar-refractivity contribution is -0.274. The number of nitrogens with zero attached hydrogens (tertiary/aromatic N) is 2. The highest BCUT2D eigenvalue weighted by Gasteiger charge is 2.66. The monoisotopic (exact) mass is 791 g/mol. The Hall–Kier alpha value is -4.23. The summed E-state index contributed by atoms with van der Waals surface area (Å²) in [6.07, 6.45) is -9.25. The largest absolute Gasteiger partial charge is 0.497 e. The average Bonchev–Trinajstić information content (AvgIpc) is 3.60. The summed E-state index contributed by atoms with van der Waals surface area (Å²) in [6, 6.07) is 19.3. The Labute approximate surface area is 325 Å². The Morgan fingerprint density at radius 1 is 0.982 bits per heavy atom. The molecule has 4 aliphatic heterocycles. The summed E-state index contributed by atoms with van der Waals surface area (Å²) in [4.78, 5) is 57.1. The second-order valence-electron chi connectivity index (χ2n) is 15.8. The Balaban J connectivity index is 1.14. The first-order valence-electron chi connectivity index (χ1n) is 18.7. The second kappa shape index (κ2) is 15.3. The molecule has 15 nitrogen and oxygen atoms in total. The zero-order chi connectivity index (χ0) is 40.3. The van der Waals surface area contributed by atoms with Crippen LogP contribution in [0.1, 0.15) is 35.6 Å². The van der Waals surface area contributed by atoms with Crippen molar-refractivity contribution in [3.8, 4) is 5.75 Å². The van der Waals surface area contributed by atoms with E-state index < -0.39 is 74.1 Å². The standard InChI is InChI=1S/C40H49N3O12Si/c1-21-36(56(3,4)52)30(17-31(45)42-19-24-8-6-5-7-23(24)15-26(42)20-44)55-40(21)28-16-27(53-2)13-14-29(28)43(39(40)51)18-22-9-11-25(12-10-22)41-37(49)35-33(47)32(46)34(48)38(50)54-35/h5-14,16,21,26,30,32-36,38,44,46-48,50,52H,15,17-20H2,1-4H3,(H,41,49)/t21-,26-,30+,32-,33-,34+,35-,36-,38+,40+/m0/s1. The molecule has 7 rings (SSSR count). The van der Waals surface area contributed by atoms with Crippen LogP contribution in [0.25, 0.3) is 0 Å². The number of anilines is 2. The molecule has 4 aliphatic rings. The van der Waals surface area contributed by atoms with Crippen molar-refractivity contribution in [2.75, 3.05) is 23.9 Å². The van der Waals surface area contributed by atoms with Gasteiger partial charge < -0.3 is 59.7 Å². The number of ether oxygens (including phenoxy) is 3. The highest BCUT2D eigenvalue weighted by atomic mass is 28.4. The van der Waals surface area contributed by atoms with E-state index in [-0.39, 0.29) is 31.4 Å². The fraction of sp³-hybridized carbons (Fsp3) is 0.475. The molecule has 56 heavy (non-hydrogen) atoms. The van der Waals surface area contributed by atoms with Crippen LogP contribution in [-0.4, -0.2) is 118 Å². The fourth-order valence-electron chi connectivity index (χ4n) is 9.04. The first kappa shape index (κ1) is 40.0. The number of aliphatic hydroxyl groups excluding tert-OH is 5. The molecule has 2 fully saturated rings. The van der Waals surface area contributed by atoms with Gasteiger partial charge in [-0.25, -0.2) is 0 Å². The maximum atomic E-state index is 14.9. The molecule has 0 aliphatic carbocycles. The zero-order valence-electron chi connectivity index (χ0n) is 31.6. The van der Waals surface area contributed by atoms with Crippen LogP contribution in [0.3, 0.4) is 0 Å². The minimum Gasteiger partial charge on any atom is -0.497 e. The molecule has 16 heteroatoms. The summed E-state index contributed by atoms with van der Waals surface area (Å²) in [6.45, 7) is 5.70. The first-order chi connectivity index (χ1) is 26.6. The second-order valence-corrected chi connectivity index (χ2v) is 19.7. The molecule has 4 heterocycles. The van der Waals surface area contributed by atoms with Gasteiger partial charge >= 0.3 is 0 Å². The third-order valence-corrected chi connectivity index (χ3v) is 14.4. The molecule has 7 N–H and O–H groups in total. The number of hydrogen-bond donors (Lipinski definition) is 7. The van der Waals surface area contributed by atoms with Gasteiger partial charge in [-0.15, -0.1) is 0 Å². The number of methoxy groups -OCH3 is 1. The number of amides is 3. The highest BCUT2D eigenvalue weighted by Crippen LogP contribution is 2.60. The summed E-state index contributed by atoms with van der Waals surface area (Å²) in [5, 5.41) is 52.7. The number of rotatable bonds is 9. The molecule has 3 aromatic carbocycles. The molecule has 10 atom stereocenters. The molecular weight excluding hydrogens is 743 g/mol. The van der Waals surface area contributed by atoms with Crippen LogP contribution in [0.15, 0.2) is 66.7 Å². The highest BCUT2D eigenvalue weighted by molar-refractivity contribution is 6.71. The predicted molar refractivity (Wildman–Crippen MR) is 204 cm³/mol. The predicted octanol–water partition coefficient (Wildman–Crippen LogP) is 1.11. The van der Waals surface area contributed by atoms with Crippen LogP contribution in [0.4, 0.5) is 11.4 Å². The molecule has 0 saturated carbocycles. The van der Waals surface area contributed by atoms with Gasteiger partial charge in [-0.2, -0.15) is 0 Å². The summed E-state index contributed by atoms with van der Waals surface area (Å²) in [5.41, 5.74) is 2.17. The number of hydrogen-bond acceptors (Lipinski definition) is 12. The van der Waals surface area contributed by atoms with Crippen molar-refractivity contribution in [2.24, 2.45) is 5.92 Å². The maximum absolute atomic E-state index is 14.9. The Bertz CT molecular complexity index is 1980. The third kappa shape index (κ3) is 6.92. The van der Waals surface area contributed by atoms with Gasteiger partial charge in [0.25, 0.3) is 11.8 Å². The molecular formula is C40H49N3O12Si. The van der Waals surface area contributed by atoms with Crippen molar-refractivity contribution < 1.29 is 58.9 Å². The van der Waals surface area contributed by atoms with Gasteiger partial charge in [0.1, 0.15) is 24.1 Å². The van der Waals surface area contributed by atoms with Crippen molar-refractivity contribution in [1.29, 1.82) is 0 Å². The fourth-order valence-corrected chi connectivity index (χ4v) is 11.6. The lowest BCUT2D eigenvalue weighted by atomic mass is 9.82. The summed E-state index contributed by atoms with van der Waals surface area (Å²) >= 11 is 0. The minimum atomic E-state index is -3.11. The number of fused-ring (bicyclic) bond motifs is 3. The van der Waals surface area contributed by atoms with Crippen LogP contribution in [0.2, 0.25) is 18.6 Å². The van der Waals surface area contributed by atoms with Crippen LogP contribution in [-0.2, 0) is 49.0 Å². The van der Waals surface area contributed by atoms with Gasteiger partial charge in [0.05, 0.1) is 44.5 Å². The van der Waals surface area contributed by atoms with E-state index in [2.05, 4.69) is 5.32 Å². The topological polar surface area (TPSA) is 219 Å². The van der Waals surface area contributed by atoms with E-state index in [1.54, 1.807) is 65.4 Å². The molecule has 0 bridgehead atoms. The lowest BCUT2D eigenvalue weighted by Crippen LogP contribution is -2.60. The van der Waals surface area contributed by atoms with E-state index in [0.717, 1.165) is 11.1 Å². The third-order valence-electron chi connectivity index (χ3n) is 11.9. The van der Waals surface area contributed by atoms with Gasteiger partial charge in [-0.3, -0.25) is 14.4 Å². The smallest absolute Gasteiger partial charge is 0.264 e. The van der Waals surface area contributed by atoms with E-state index in [0.29, 0.717) is 41.2 Å². The van der Waals surface area contributed by atoms with Gasteiger partial charge in [-0.05, 0) is 66.5 Å². The number of carbonyl (C=O) groups excluding carboxylic acids is 3. The van der Waals surface area contributed by atoms with E-state index in [4.69, 9.17) is 14.2 Å². The Morgan fingerprint density at radius 2 is 1.68 bits per heavy atom. The van der Waals surface area contributed by atoms with Gasteiger partial charge in [0.2, 0.25) is 5.91 Å². The lowest BCUT2D eigenvalue weighted by Gasteiger charge is -2.37. The van der Waals surface area contributed by atoms with Crippen molar-refractivity contribution in [3.05, 3.63) is 89.0 Å². The molecule has 0 aromatic heterocycles. The van der Waals surface area contributed by atoms with Crippen LogP contribution >= 0.6 is 0 Å². The molecule has 0 unspecified atom stereocenters. The summed E-state index contributed by atoms with van der Waals surface area (Å²) in [5.74, 6) is -1.47. The zero-order valence-corrected chi connectivity index (χ0v) is 32.6. The van der Waals surface area contributed by atoms with Crippen LogP contribution < -0.4 is 15.0 Å². The number of carbonyl (C=O) groups is 3. The van der Waals surface area contributed by atoms with E-state index in [9.17, 15) is 44.7 Å². The molecule has 3 amide bonds. The SMILES string of the molecule is COc1ccc2c(c1)[C@@]1(O[C@H](CC(=O)N3Cc4ccccc4C[C@H]3CO)[C@@H]([Si](C)(C)O)[C@@H]1C)C(=O)N2Cc1ccc(NC(=O)[C@H]2O[C@@H](O)[C@H](O)[C@@H](O)[C@@H]2O)cc1. The summed E-state index contributed by atoms with van der Waals surface area (Å²) in [7, 11) is -1.58. The van der Waals surface area contributed by atoms with Crippen molar-refractivity contribution in [1.82, 2.24) is 4.90 Å². The number of benzene rings is 3. The normalized spacial score (nSPS) is 31.3. The minimum absolute atomic E-state index is 0.0897. The number of aliphatic hydroxyl groups is 5. The Kier molecular flexibility index (Phi) is 10.9. The quantitative estimate of drug-likeness (QED) is 0.152. The molecule has 300 valence electrons. The summed E-state index contributed by atoms with van der Waals surface area (Å²) < 4.78 is 17.5. The van der Waals surface area contributed by atoms with Crippen molar-refractivity contribution in [2.45, 2.75) is 99.9 Å². The van der Waals surface area contributed by atoms with Crippen molar-refractivity contribution >= 4 is 37.4 Å². The Morgan fingerprint density at radius 3 is 2.34 bits per heavy atom. The van der Waals surface area contributed by atoms with Crippen LogP contribution in [0, 0.1) is 5.92 Å².